The number of hydrogen-bond donors (Lipinski definition) is 3. The predicted octanol–water partition coefficient (Wildman–Crippen LogP) is 5.14. The average Bonchev–Trinajstić information content (AvgIpc) is 3.34. The quantitative estimate of drug-likeness (QED) is 0.170. The number of carbonyl (C=O) groups excluding carboxylic acids is 1. The van der Waals surface area contributed by atoms with Crippen molar-refractivity contribution in [2.45, 2.75) is 26.2 Å². The molecular formula is C27H32Cl2N6O2. The van der Waals surface area contributed by atoms with E-state index >= 15 is 0 Å². The molecule has 0 radical (unpaired) electrons. The number of hydrogen-bond acceptors (Lipinski definition) is 6. The van der Waals surface area contributed by atoms with Crippen molar-refractivity contribution in [3.63, 3.8) is 0 Å². The van der Waals surface area contributed by atoms with Crippen LogP contribution in [0.5, 0.6) is 0 Å². The summed E-state index contributed by atoms with van der Waals surface area (Å²) in [5.74, 6) is 0.201. The number of piperidine rings is 1. The lowest BCUT2D eigenvalue weighted by molar-refractivity contribution is -0.124. The van der Waals surface area contributed by atoms with Gasteiger partial charge in [0, 0.05) is 36.1 Å². The monoisotopic (exact) mass is 542 g/mol. The molecule has 1 saturated heterocycles. The van der Waals surface area contributed by atoms with Gasteiger partial charge in [-0.3, -0.25) is 10.0 Å². The Morgan fingerprint density at radius 3 is 2.54 bits per heavy atom. The molecule has 0 unspecified atom stereocenters. The number of likely N-dealkylation sites (tertiary alicyclic amines) is 1. The van der Waals surface area contributed by atoms with Gasteiger partial charge in [-0.2, -0.15) is 5.10 Å². The van der Waals surface area contributed by atoms with Crippen LogP contribution in [0.1, 0.15) is 30.4 Å². The fraction of sp³-hybridized carbons (Fsp3) is 0.296. The molecule has 0 aliphatic carbocycles. The van der Waals surface area contributed by atoms with Gasteiger partial charge in [-0.15, -0.1) is 24.8 Å². The van der Waals surface area contributed by atoms with E-state index < -0.39 is 5.91 Å². The zero-order valence-electron chi connectivity index (χ0n) is 20.7. The zero-order valence-corrected chi connectivity index (χ0v) is 22.3. The number of amides is 1. The second-order valence-corrected chi connectivity index (χ2v) is 9.05. The molecule has 10 heteroatoms. The van der Waals surface area contributed by atoms with Crippen LogP contribution in [0.4, 0.5) is 5.82 Å². The van der Waals surface area contributed by atoms with E-state index in [1.54, 1.807) is 11.6 Å². The number of nitrogens with one attached hydrogen (secondary N) is 2. The van der Waals surface area contributed by atoms with E-state index in [2.05, 4.69) is 41.4 Å². The second-order valence-electron chi connectivity index (χ2n) is 9.05. The first-order valence-electron chi connectivity index (χ1n) is 12.1. The van der Waals surface area contributed by atoms with Crippen LogP contribution < -0.4 is 10.8 Å². The number of pyridine rings is 1. The third kappa shape index (κ3) is 6.59. The summed E-state index contributed by atoms with van der Waals surface area (Å²) in [6.07, 6.45) is 8.86. The maximum absolute atomic E-state index is 11.4. The minimum absolute atomic E-state index is 0. The van der Waals surface area contributed by atoms with Crippen molar-refractivity contribution in [2.75, 3.05) is 31.5 Å². The highest BCUT2D eigenvalue weighted by atomic mass is 35.5. The first-order chi connectivity index (χ1) is 17.1. The third-order valence-corrected chi connectivity index (χ3v) is 6.49. The molecule has 196 valence electrons. The number of rotatable bonds is 7. The minimum Gasteiger partial charge on any atom is -0.367 e. The second kappa shape index (κ2) is 12.9. The number of hydroxylamine groups is 1. The van der Waals surface area contributed by atoms with Crippen molar-refractivity contribution in [1.29, 1.82) is 0 Å². The molecule has 5 rings (SSSR count). The molecule has 2 aromatic carbocycles. The van der Waals surface area contributed by atoms with Gasteiger partial charge in [0.25, 0.3) is 5.91 Å². The van der Waals surface area contributed by atoms with Crippen LogP contribution >= 0.6 is 24.8 Å². The fourth-order valence-corrected chi connectivity index (χ4v) is 4.57. The molecule has 3 heterocycles. The molecule has 0 saturated carbocycles. The molecule has 1 aliphatic rings. The Labute approximate surface area is 228 Å². The summed E-state index contributed by atoms with van der Waals surface area (Å²) >= 11 is 0. The van der Waals surface area contributed by atoms with Gasteiger partial charge in [-0.25, -0.2) is 15.1 Å². The zero-order chi connectivity index (χ0) is 24.2. The molecule has 2 aromatic heterocycles. The maximum Gasteiger partial charge on any atom is 0.267 e. The van der Waals surface area contributed by atoms with Crippen LogP contribution in [0, 0.1) is 6.92 Å². The lowest BCUT2D eigenvalue weighted by Crippen LogP contribution is -2.33. The van der Waals surface area contributed by atoms with Crippen LogP contribution in [0.3, 0.4) is 0 Å². The van der Waals surface area contributed by atoms with Gasteiger partial charge in [-0.05, 0) is 68.8 Å². The molecule has 1 fully saturated rings. The summed E-state index contributed by atoms with van der Waals surface area (Å²) in [6.45, 7) is 6.18. The Morgan fingerprint density at radius 1 is 1.05 bits per heavy atom. The first-order valence-corrected chi connectivity index (χ1v) is 12.1. The van der Waals surface area contributed by atoms with Gasteiger partial charge >= 0.3 is 0 Å². The number of fused-ring (bicyclic) bond motifs is 3. The summed E-state index contributed by atoms with van der Waals surface area (Å²) in [5, 5.41) is 19.1. The largest absolute Gasteiger partial charge is 0.367 e. The van der Waals surface area contributed by atoms with E-state index in [9.17, 15) is 4.79 Å². The Morgan fingerprint density at radius 2 is 1.81 bits per heavy atom. The third-order valence-electron chi connectivity index (χ3n) is 6.49. The SMILES string of the molecule is Cc1ccc(-n2cc3c(n2)c(NCCN2CCCCC2)nc2ccc(/C=C/C(=O)NO)cc23)cc1.Cl.Cl. The van der Waals surface area contributed by atoms with Crippen LogP contribution in [0.2, 0.25) is 0 Å². The molecule has 37 heavy (non-hydrogen) atoms. The molecule has 0 spiro atoms. The summed E-state index contributed by atoms with van der Waals surface area (Å²) in [7, 11) is 0. The number of halogens is 2. The number of aromatic nitrogens is 3. The topological polar surface area (TPSA) is 95.3 Å². The van der Waals surface area contributed by atoms with Crippen molar-refractivity contribution in [1.82, 2.24) is 25.1 Å². The highest BCUT2D eigenvalue weighted by Crippen LogP contribution is 2.30. The fourth-order valence-electron chi connectivity index (χ4n) is 4.57. The Bertz CT molecular complexity index is 1380. The predicted molar refractivity (Wildman–Crippen MR) is 153 cm³/mol. The maximum atomic E-state index is 11.4. The van der Waals surface area contributed by atoms with Gasteiger partial charge in [-0.1, -0.05) is 30.2 Å². The molecular weight excluding hydrogens is 511 g/mol. The standard InChI is InChI=1S/C27H30N6O2.2ClH/c1-19-5-9-21(10-6-19)33-18-23-22-17-20(8-12-25(34)31-35)7-11-24(22)29-27(26(23)30-33)28-13-16-32-14-3-2-4-15-32;;/h5-12,17-18,35H,2-4,13-16H2,1H3,(H,28,29)(H,31,34);2*1H/b12-8+;;. The number of carbonyl (C=O) groups is 1. The molecule has 8 nitrogen and oxygen atoms in total. The van der Waals surface area contributed by atoms with E-state index in [4.69, 9.17) is 15.3 Å². The van der Waals surface area contributed by atoms with E-state index in [0.717, 1.165) is 65.1 Å². The Hall–Kier alpha value is -3.17. The lowest BCUT2D eigenvalue weighted by Gasteiger charge is -2.26. The molecule has 1 amide bonds. The molecule has 0 bridgehead atoms. The summed E-state index contributed by atoms with van der Waals surface area (Å²) in [6, 6.07) is 14.1. The van der Waals surface area contributed by atoms with E-state index in [0.29, 0.717) is 0 Å². The van der Waals surface area contributed by atoms with Crippen molar-refractivity contribution in [2.24, 2.45) is 0 Å². The lowest BCUT2D eigenvalue weighted by atomic mass is 10.1. The average molecular weight is 543 g/mol. The van der Waals surface area contributed by atoms with Crippen LogP contribution in [0.25, 0.3) is 33.6 Å². The minimum atomic E-state index is -0.575. The highest BCUT2D eigenvalue weighted by molar-refractivity contribution is 6.09. The van der Waals surface area contributed by atoms with Crippen LogP contribution in [-0.2, 0) is 4.79 Å². The van der Waals surface area contributed by atoms with Gasteiger partial charge in [0.1, 0.15) is 5.52 Å². The number of benzene rings is 2. The Balaban J connectivity index is 0.00000190. The summed E-state index contributed by atoms with van der Waals surface area (Å²) in [4.78, 5) is 18.8. The molecule has 4 aromatic rings. The van der Waals surface area contributed by atoms with Crippen molar-refractivity contribution in [3.8, 4) is 5.69 Å². The molecule has 3 N–H and O–H groups in total. The number of anilines is 1. The number of nitrogens with zero attached hydrogens (tertiary/aromatic N) is 4. The van der Waals surface area contributed by atoms with Gasteiger partial charge in [0.15, 0.2) is 5.82 Å². The van der Waals surface area contributed by atoms with E-state index in [1.165, 1.54) is 30.9 Å². The van der Waals surface area contributed by atoms with Crippen molar-refractivity contribution >= 4 is 64.4 Å². The van der Waals surface area contributed by atoms with Crippen LogP contribution in [0.15, 0.2) is 54.7 Å². The summed E-state index contributed by atoms with van der Waals surface area (Å²) < 4.78 is 1.89. The normalized spacial score (nSPS) is 13.9. The van der Waals surface area contributed by atoms with Crippen molar-refractivity contribution < 1.29 is 10.0 Å². The van der Waals surface area contributed by atoms with Gasteiger partial charge in [0.2, 0.25) is 0 Å². The van der Waals surface area contributed by atoms with Crippen LogP contribution in [-0.4, -0.2) is 57.0 Å². The highest BCUT2D eigenvalue weighted by Gasteiger charge is 2.15. The van der Waals surface area contributed by atoms with Crippen molar-refractivity contribution in [3.05, 3.63) is 65.9 Å². The van der Waals surface area contributed by atoms with E-state index in [-0.39, 0.29) is 24.8 Å². The van der Waals surface area contributed by atoms with E-state index in [1.807, 2.05) is 29.1 Å². The first kappa shape index (κ1) is 28.4. The molecule has 1 aliphatic heterocycles. The molecule has 0 atom stereocenters. The number of aryl methyl sites for hydroxylation is 1. The van der Waals surface area contributed by atoms with Gasteiger partial charge in [0.05, 0.1) is 11.2 Å². The summed E-state index contributed by atoms with van der Waals surface area (Å²) in [5.41, 5.74) is 6.29. The Kier molecular flexibility index (Phi) is 9.88. The van der Waals surface area contributed by atoms with Gasteiger partial charge < -0.3 is 10.2 Å². The smallest absolute Gasteiger partial charge is 0.267 e.